The van der Waals surface area contributed by atoms with E-state index in [0.717, 1.165) is 16.7 Å². The van der Waals surface area contributed by atoms with Crippen LogP contribution in [0, 0.1) is 0 Å². The largest absolute Gasteiger partial charge is 0.480 e. The van der Waals surface area contributed by atoms with Crippen molar-refractivity contribution in [2.45, 2.75) is 52.2 Å². The van der Waals surface area contributed by atoms with Gasteiger partial charge in [0.05, 0.1) is 12.1 Å². The van der Waals surface area contributed by atoms with Gasteiger partial charge < -0.3 is 28.7 Å². The van der Waals surface area contributed by atoms with Crippen molar-refractivity contribution in [1.82, 2.24) is 9.80 Å². The molecule has 2 aromatic rings. The molecule has 204 valence electrons. The number of likely N-dealkylation sites (tertiary alicyclic amines) is 1. The van der Waals surface area contributed by atoms with E-state index in [1.807, 2.05) is 77.1 Å². The number of fused-ring (bicyclic) bond motifs is 1. The van der Waals surface area contributed by atoms with Crippen LogP contribution < -0.4 is 9.47 Å². The zero-order valence-electron chi connectivity index (χ0n) is 23.2. The molecule has 8 heteroatoms. The van der Waals surface area contributed by atoms with Gasteiger partial charge in [-0.3, -0.25) is 4.79 Å². The summed E-state index contributed by atoms with van der Waals surface area (Å²) in [4.78, 5) is 29.2. The van der Waals surface area contributed by atoms with Crippen LogP contribution in [0.5, 0.6) is 11.5 Å². The number of amides is 2. The van der Waals surface area contributed by atoms with Gasteiger partial charge in [-0.2, -0.15) is 0 Å². The Balaban J connectivity index is 1.72. The second kappa shape index (κ2) is 11.1. The minimum Gasteiger partial charge on any atom is -0.480 e. The van der Waals surface area contributed by atoms with Gasteiger partial charge in [-0.25, -0.2) is 4.79 Å². The van der Waals surface area contributed by atoms with E-state index in [2.05, 4.69) is 6.08 Å². The Bertz CT molecular complexity index is 1200. The highest BCUT2D eigenvalue weighted by molar-refractivity contribution is 5.95. The fourth-order valence-corrected chi connectivity index (χ4v) is 4.89. The van der Waals surface area contributed by atoms with Crippen molar-refractivity contribution >= 4 is 17.6 Å². The van der Waals surface area contributed by atoms with Crippen molar-refractivity contribution in [2.24, 2.45) is 0 Å². The molecule has 38 heavy (non-hydrogen) atoms. The molecular formula is C30H38N2O6. The zero-order chi connectivity index (χ0) is 27.5. The van der Waals surface area contributed by atoms with Gasteiger partial charge in [0.1, 0.15) is 22.7 Å². The second-order valence-electron chi connectivity index (χ2n) is 10.6. The van der Waals surface area contributed by atoms with Gasteiger partial charge in [-0.1, -0.05) is 18.2 Å². The summed E-state index contributed by atoms with van der Waals surface area (Å²) >= 11 is 0. The average molecular weight is 523 g/mol. The third-order valence-corrected chi connectivity index (χ3v) is 6.72. The molecule has 1 saturated heterocycles. The monoisotopic (exact) mass is 522 g/mol. The number of benzene rings is 2. The van der Waals surface area contributed by atoms with Gasteiger partial charge in [0.25, 0.3) is 5.91 Å². The lowest BCUT2D eigenvalue weighted by Gasteiger charge is -2.35. The molecule has 1 atom stereocenters. The smallest absolute Gasteiger partial charge is 0.410 e. The van der Waals surface area contributed by atoms with Gasteiger partial charge in [0.2, 0.25) is 0 Å². The first-order chi connectivity index (χ1) is 18.1. The van der Waals surface area contributed by atoms with E-state index < -0.39 is 11.2 Å². The zero-order valence-corrected chi connectivity index (χ0v) is 23.2. The molecule has 0 N–H and O–H groups in total. The van der Waals surface area contributed by atoms with Crippen LogP contribution in [0.25, 0.3) is 5.57 Å². The minimum absolute atomic E-state index is 0.00675. The standard InChI is InChI=1S/C30H38N2O6/c1-7-31(8-2)27(33)22-14-12-21(13-15-22)23-18-30(16-17-32(19-30)28(34)38-29(3,4)5)37-25-11-9-10-24(26(23)25)36-20-35-6/h9-15,18H,7-8,16-17,19-20H2,1-6H3. The summed E-state index contributed by atoms with van der Waals surface area (Å²) in [6, 6.07) is 13.3. The molecule has 0 aromatic heterocycles. The lowest BCUT2D eigenvalue weighted by Crippen LogP contribution is -2.42. The Kier molecular flexibility index (Phi) is 8.02. The predicted octanol–water partition coefficient (Wildman–Crippen LogP) is 5.36. The quantitative estimate of drug-likeness (QED) is 0.456. The highest BCUT2D eigenvalue weighted by Gasteiger charge is 2.45. The van der Waals surface area contributed by atoms with Crippen molar-refractivity contribution in [3.8, 4) is 11.5 Å². The molecule has 2 aromatic carbocycles. The van der Waals surface area contributed by atoms with Gasteiger partial charge in [0.15, 0.2) is 6.79 Å². The van der Waals surface area contributed by atoms with Crippen LogP contribution in [0.4, 0.5) is 4.79 Å². The number of hydrogen-bond donors (Lipinski definition) is 0. The summed E-state index contributed by atoms with van der Waals surface area (Å²) in [5.41, 5.74) is 2.01. The first kappa shape index (κ1) is 27.5. The van der Waals surface area contributed by atoms with Crippen molar-refractivity contribution in [1.29, 1.82) is 0 Å². The molecule has 2 aliphatic heterocycles. The summed E-state index contributed by atoms with van der Waals surface area (Å²) in [5.74, 6) is 1.31. The molecule has 0 aliphatic carbocycles. The maximum atomic E-state index is 12.9. The molecule has 2 amide bonds. The number of methoxy groups -OCH3 is 1. The fraction of sp³-hybridized carbons (Fsp3) is 0.467. The fourth-order valence-electron chi connectivity index (χ4n) is 4.89. The number of hydrogen-bond acceptors (Lipinski definition) is 6. The van der Waals surface area contributed by atoms with Crippen molar-refractivity contribution in [2.75, 3.05) is 40.1 Å². The summed E-state index contributed by atoms with van der Waals surface area (Å²) < 4.78 is 23.3. The minimum atomic E-state index is -0.713. The molecule has 4 rings (SSSR count). The van der Waals surface area contributed by atoms with Gasteiger partial charge in [0, 0.05) is 38.7 Å². The number of rotatable bonds is 7. The topological polar surface area (TPSA) is 77.5 Å². The summed E-state index contributed by atoms with van der Waals surface area (Å²) in [7, 11) is 1.58. The van der Waals surface area contributed by atoms with Crippen LogP contribution >= 0.6 is 0 Å². The van der Waals surface area contributed by atoms with E-state index in [1.54, 1.807) is 16.9 Å². The number of nitrogens with zero attached hydrogens (tertiary/aromatic N) is 2. The second-order valence-corrected chi connectivity index (χ2v) is 10.6. The maximum absolute atomic E-state index is 12.9. The Morgan fingerprint density at radius 1 is 1.08 bits per heavy atom. The Labute approximate surface area is 225 Å². The summed E-state index contributed by atoms with van der Waals surface area (Å²) in [6.07, 6.45) is 2.35. The molecule has 0 radical (unpaired) electrons. The summed E-state index contributed by atoms with van der Waals surface area (Å²) in [6.45, 7) is 11.8. The van der Waals surface area contributed by atoms with Gasteiger partial charge in [-0.05, 0) is 76.1 Å². The normalized spacial score (nSPS) is 18.5. The molecule has 2 heterocycles. The van der Waals surface area contributed by atoms with Crippen molar-refractivity contribution < 1.29 is 28.5 Å². The maximum Gasteiger partial charge on any atom is 0.410 e. The predicted molar refractivity (Wildman–Crippen MR) is 146 cm³/mol. The molecule has 8 nitrogen and oxygen atoms in total. The third kappa shape index (κ3) is 5.80. The SMILES string of the molecule is CCN(CC)C(=O)c1ccc(C2=CC3(CCN(C(=O)OC(C)(C)C)C3)Oc3cccc(OCOC)c32)cc1. The summed E-state index contributed by atoms with van der Waals surface area (Å²) in [5, 5.41) is 0. The number of ether oxygens (including phenoxy) is 4. The van der Waals surface area contributed by atoms with Crippen LogP contribution in [-0.2, 0) is 9.47 Å². The number of carbonyl (C=O) groups is 2. The Hall–Kier alpha value is -3.52. The lowest BCUT2D eigenvalue weighted by molar-refractivity contribution is 0.0246. The van der Waals surface area contributed by atoms with Crippen molar-refractivity contribution in [3.63, 3.8) is 0 Å². The molecular weight excluding hydrogens is 484 g/mol. The van der Waals surface area contributed by atoms with Crippen LogP contribution in [-0.4, -0.2) is 73.1 Å². The first-order valence-electron chi connectivity index (χ1n) is 13.1. The van der Waals surface area contributed by atoms with Gasteiger partial charge >= 0.3 is 6.09 Å². The van der Waals surface area contributed by atoms with Crippen LogP contribution in [0.1, 0.15) is 62.5 Å². The molecule has 1 fully saturated rings. The highest BCUT2D eigenvalue weighted by atomic mass is 16.7. The molecule has 2 aliphatic rings. The Morgan fingerprint density at radius 3 is 2.42 bits per heavy atom. The number of carbonyl (C=O) groups excluding carboxylic acids is 2. The van der Waals surface area contributed by atoms with E-state index in [0.29, 0.717) is 49.7 Å². The molecule has 1 unspecified atom stereocenters. The third-order valence-electron chi connectivity index (χ3n) is 6.72. The van der Waals surface area contributed by atoms with Crippen molar-refractivity contribution in [3.05, 3.63) is 65.2 Å². The molecule has 0 bridgehead atoms. The Morgan fingerprint density at radius 2 is 1.79 bits per heavy atom. The highest BCUT2D eigenvalue weighted by Crippen LogP contribution is 2.47. The lowest BCUT2D eigenvalue weighted by atomic mass is 9.87. The van der Waals surface area contributed by atoms with Gasteiger partial charge in [-0.15, -0.1) is 0 Å². The van der Waals surface area contributed by atoms with Crippen LogP contribution in [0.3, 0.4) is 0 Å². The van der Waals surface area contributed by atoms with E-state index in [1.165, 1.54) is 0 Å². The first-order valence-corrected chi connectivity index (χ1v) is 13.1. The van der Waals surface area contributed by atoms with E-state index in [4.69, 9.17) is 18.9 Å². The van der Waals surface area contributed by atoms with E-state index in [-0.39, 0.29) is 18.8 Å². The van der Waals surface area contributed by atoms with E-state index >= 15 is 0 Å². The van der Waals surface area contributed by atoms with Crippen LogP contribution in [0.15, 0.2) is 48.5 Å². The van der Waals surface area contributed by atoms with E-state index in [9.17, 15) is 9.59 Å². The average Bonchev–Trinajstić information content (AvgIpc) is 3.29. The molecule has 0 saturated carbocycles. The molecule has 1 spiro atoms. The van der Waals surface area contributed by atoms with Crippen LogP contribution in [0.2, 0.25) is 0 Å².